The van der Waals surface area contributed by atoms with E-state index in [1.54, 1.807) is 13.0 Å². The molecule has 1 aliphatic heterocycles. The van der Waals surface area contributed by atoms with Gasteiger partial charge in [0.05, 0.1) is 5.02 Å². The van der Waals surface area contributed by atoms with E-state index in [0.717, 1.165) is 0 Å². The minimum Gasteiger partial charge on any atom is -0.535 e. The van der Waals surface area contributed by atoms with Gasteiger partial charge in [-0.15, -0.1) is 0 Å². The normalized spacial score (nSPS) is 17.4. The molecule has 5 nitrogen and oxygen atoms in total. The number of Topliss-reactive ketones (excluding diaryl/α,β-unsaturated/α-hetero) is 1. The molecule has 106 valence electrons. The highest BCUT2D eigenvalue weighted by Gasteiger charge is 2.38. The fourth-order valence-electron chi connectivity index (χ4n) is 2.47. The smallest absolute Gasteiger partial charge is 0.526 e. The van der Waals surface area contributed by atoms with E-state index in [2.05, 4.69) is 0 Å². The van der Waals surface area contributed by atoms with Crippen molar-refractivity contribution in [1.82, 2.24) is 0 Å². The summed E-state index contributed by atoms with van der Waals surface area (Å²) in [6, 6.07) is 1.74. The van der Waals surface area contributed by atoms with Crippen LogP contribution in [0.25, 0.3) is 0 Å². The van der Waals surface area contributed by atoms with E-state index >= 15 is 0 Å². The van der Waals surface area contributed by atoms with E-state index in [4.69, 9.17) is 16.3 Å². The first-order chi connectivity index (χ1) is 9.31. The van der Waals surface area contributed by atoms with Gasteiger partial charge in [-0.05, 0) is 31.4 Å². The van der Waals surface area contributed by atoms with Gasteiger partial charge in [0.1, 0.15) is 17.1 Å². The van der Waals surface area contributed by atoms with Crippen molar-refractivity contribution >= 4 is 30.5 Å². The molecule has 0 unspecified atom stereocenters. The molecule has 0 bridgehead atoms. The molecule has 0 spiro atoms. The number of fused-ring (bicyclic) bond motifs is 1. The lowest BCUT2D eigenvalue weighted by molar-refractivity contribution is -0.117. The zero-order valence-corrected chi connectivity index (χ0v) is 11.9. The van der Waals surface area contributed by atoms with Gasteiger partial charge in [-0.3, -0.25) is 0 Å². The SMILES string of the molecule is CC(=O)C[C@H]1Cc2cc(C)c(Cl)c(C(=O)O)c2OB1O. The first kappa shape index (κ1) is 14.9. The summed E-state index contributed by atoms with van der Waals surface area (Å²) in [7, 11) is -1.21. The van der Waals surface area contributed by atoms with Crippen LogP contribution in [0.15, 0.2) is 6.07 Å². The Labute approximate surface area is 121 Å². The van der Waals surface area contributed by atoms with Crippen LogP contribution in [0.2, 0.25) is 10.8 Å². The average molecular weight is 297 g/mol. The summed E-state index contributed by atoms with van der Waals surface area (Å²) in [5.41, 5.74) is 1.15. The highest BCUT2D eigenvalue weighted by molar-refractivity contribution is 6.47. The summed E-state index contributed by atoms with van der Waals surface area (Å²) in [5.74, 6) is -1.53. The van der Waals surface area contributed by atoms with Crippen molar-refractivity contribution < 1.29 is 24.4 Å². The van der Waals surface area contributed by atoms with Crippen LogP contribution >= 0.6 is 11.6 Å². The van der Waals surface area contributed by atoms with Crippen molar-refractivity contribution in [3.63, 3.8) is 0 Å². The Morgan fingerprint density at radius 1 is 1.55 bits per heavy atom. The molecule has 0 amide bonds. The monoisotopic (exact) mass is 296 g/mol. The topological polar surface area (TPSA) is 83.8 Å². The van der Waals surface area contributed by atoms with Crippen LogP contribution in [-0.2, 0) is 11.2 Å². The van der Waals surface area contributed by atoms with Gasteiger partial charge < -0.3 is 19.6 Å². The summed E-state index contributed by atoms with van der Waals surface area (Å²) in [5, 5.41) is 19.3. The Morgan fingerprint density at radius 2 is 2.20 bits per heavy atom. The third-order valence-corrected chi connectivity index (χ3v) is 3.85. The summed E-state index contributed by atoms with van der Waals surface area (Å²) in [6.07, 6.45) is 0.569. The van der Waals surface area contributed by atoms with Gasteiger partial charge >= 0.3 is 13.1 Å². The molecule has 1 heterocycles. The number of carboxylic acids is 1. The lowest BCUT2D eigenvalue weighted by atomic mass is 9.64. The van der Waals surface area contributed by atoms with Crippen LogP contribution in [0.4, 0.5) is 0 Å². The number of carbonyl (C=O) groups excluding carboxylic acids is 1. The van der Waals surface area contributed by atoms with Gasteiger partial charge in [0.25, 0.3) is 0 Å². The number of ketones is 1. The van der Waals surface area contributed by atoms with Crippen LogP contribution in [0, 0.1) is 6.92 Å². The van der Waals surface area contributed by atoms with Crippen molar-refractivity contribution in [1.29, 1.82) is 0 Å². The number of halogens is 1. The summed E-state index contributed by atoms with van der Waals surface area (Å²) >= 11 is 6.00. The number of carboxylic acid groups (broad SMARTS) is 1. The Bertz CT molecular complexity index is 587. The van der Waals surface area contributed by atoms with Gasteiger partial charge in [0.2, 0.25) is 0 Å². The fraction of sp³-hybridized carbons (Fsp3) is 0.385. The maximum absolute atomic E-state index is 11.3. The van der Waals surface area contributed by atoms with E-state index in [0.29, 0.717) is 17.5 Å². The summed E-state index contributed by atoms with van der Waals surface area (Å²) in [6.45, 7) is 3.15. The van der Waals surface area contributed by atoms with Gasteiger partial charge in [0.15, 0.2) is 0 Å². The number of hydrogen-bond donors (Lipinski definition) is 2. The Hall–Kier alpha value is -1.53. The molecule has 0 aliphatic carbocycles. The first-order valence-electron chi connectivity index (χ1n) is 6.20. The number of aromatic carboxylic acids is 1. The predicted octanol–water partition coefficient (Wildman–Crippen LogP) is 2.11. The largest absolute Gasteiger partial charge is 0.535 e. The van der Waals surface area contributed by atoms with Crippen molar-refractivity contribution in [2.75, 3.05) is 0 Å². The van der Waals surface area contributed by atoms with Crippen molar-refractivity contribution in [2.45, 2.75) is 32.5 Å². The zero-order valence-electron chi connectivity index (χ0n) is 11.1. The molecule has 7 heteroatoms. The van der Waals surface area contributed by atoms with Crippen molar-refractivity contribution in [3.8, 4) is 5.75 Å². The molecule has 0 saturated heterocycles. The van der Waals surface area contributed by atoms with Crippen LogP contribution in [0.5, 0.6) is 5.75 Å². The molecule has 0 fully saturated rings. The lowest BCUT2D eigenvalue weighted by Gasteiger charge is -2.28. The van der Waals surface area contributed by atoms with Crippen molar-refractivity contribution in [2.24, 2.45) is 0 Å². The average Bonchev–Trinajstić information content (AvgIpc) is 2.32. The first-order valence-corrected chi connectivity index (χ1v) is 6.58. The van der Waals surface area contributed by atoms with Crippen molar-refractivity contribution in [3.05, 3.63) is 27.8 Å². The minimum atomic E-state index is -1.21. The van der Waals surface area contributed by atoms with Gasteiger partial charge in [-0.1, -0.05) is 17.7 Å². The molecule has 1 aromatic carbocycles. The number of rotatable bonds is 3. The Balaban J connectivity index is 2.48. The molecule has 0 saturated carbocycles. The number of benzene rings is 1. The van der Waals surface area contributed by atoms with Gasteiger partial charge in [0, 0.05) is 12.2 Å². The molecular weight excluding hydrogens is 282 g/mol. The standard InChI is InChI=1S/C13H14BClO5/c1-6-3-8-5-9(4-7(2)16)14(19)20-12(8)10(11(6)15)13(17)18/h3,9,19H,4-5H2,1-2H3,(H,17,18)/t9-/m0/s1. The Morgan fingerprint density at radius 3 is 2.75 bits per heavy atom. The van der Waals surface area contributed by atoms with E-state index in [-0.39, 0.29) is 34.4 Å². The van der Waals surface area contributed by atoms with E-state index in [9.17, 15) is 19.7 Å². The summed E-state index contributed by atoms with van der Waals surface area (Å²) in [4.78, 5) is 22.5. The second-order valence-electron chi connectivity index (χ2n) is 5.05. The highest BCUT2D eigenvalue weighted by Crippen LogP contribution is 2.40. The molecule has 0 aromatic heterocycles. The highest BCUT2D eigenvalue weighted by atomic mass is 35.5. The molecule has 1 aromatic rings. The third kappa shape index (κ3) is 2.67. The minimum absolute atomic E-state index is 0.0507. The summed E-state index contributed by atoms with van der Waals surface area (Å²) < 4.78 is 5.31. The molecule has 20 heavy (non-hydrogen) atoms. The van der Waals surface area contributed by atoms with Crippen LogP contribution in [0.3, 0.4) is 0 Å². The molecule has 0 radical (unpaired) electrons. The molecule has 1 aliphatic rings. The fourth-order valence-corrected chi connectivity index (χ4v) is 2.69. The predicted molar refractivity (Wildman–Crippen MR) is 74.5 cm³/mol. The van der Waals surface area contributed by atoms with E-state index in [1.807, 2.05) is 0 Å². The molecule has 2 N–H and O–H groups in total. The zero-order chi connectivity index (χ0) is 15.0. The second kappa shape index (κ2) is 5.46. The lowest BCUT2D eigenvalue weighted by Crippen LogP contribution is -2.35. The number of aryl methyl sites for hydroxylation is 1. The van der Waals surface area contributed by atoms with E-state index < -0.39 is 13.1 Å². The van der Waals surface area contributed by atoms with E-state index in [1.165, 1.54) is 6.92 Å². The molecule has 1 atom stereocenters. The van der Waals surface area contributed by atoms with Crippen LogP contribution in [-0.4, -0.2) is 29.0 Å². The maximum Gasteiger partial charge on any atom is 0.526 e. The third-order valence-electron chi connectivity index (χ3n) is 3.36. The van der Waals surface area contributed by atoms with Crippen LogP contribution in [0.1, 0.15) is 34.8 Å². The van der Waals surface area contributed by atoms with Gasteiger partial charge in [-0.2, -0.15) is 0 Å². The second-order valence-corrected chi connectivity index (χ2v) is 5.43. The maximum atomic E-state index is 11.3. The quantitative estimate of drug-likeness (QED) is 0.835. The molecule has 2 rings (SSSR count). The van der Waals surface area contributed by atoms with Crippen LogP contribution < -0.4 is 4.65 Å². The molecular formula is C13H14BClO5. The number of carbonyl (C=O) groups is 2. The Kier molecular flexibility index (Phi) is 4.06. The van der Waals surface area contributed by atoms with Gasteiger partial charge in [-0.25, -0.2) is 4.79 Å². The number of hydrogen-bond acceptors (Lipinski definition) is 4.